The van der Waals surface area contributed by atoms with Crippen LogP contribution in [-0.4, -0.2) is 53.7 Å². The Balaban J connectivity index is 1.38. The predicted molar refractivity (Wildman–Crippen MR) is 133 cm³/mol. The van der Waals surface area contributed by atoms with Crippen molar-refractivity contribution in [2.45, 2.75) is 44.6 Å². The maximum atomic E-state index is 13.1. The number of carbonyl (C=O) groups excluding carboxylic acids is 2. The van der Waals surface area contributed by atoms with Gasteiger partial charge in [-0.15, -0.1) is 6.58 Å². The van der Waals surface area contributed by atoms with Gasteiger partial charge in [0.1, 0.15) is 12.6 Å². The van der Waals surface area contributed by atoms with E-state index in [-0.39, 0.29) is 24.9 Å². The average Bonchev–Trinajstić information content (AvgIpc) is 3.20. The van der Waals surface area contributed by atoms with Gasteiger partial charge in [0.05, 0.1) is 5.41 Å². The highest BCUT2D eigenvalue weighted by Gasteiger charge is 2.41. The van der Waals surface area contributed by atoms with E-state index in [1.54, 1.807) is 11.0 Å². The van der Waals surface area contributed by atoms with Gasteiger partial charge in [-0.25, -0.2) is 4.79 Å². The standard InChI is InChI=1S/C28H32N2O5/c1-3-9-24(25(31)30-16-14-28(4-2,15-17-30)26(32)33)29-27(34)35-18-23-21-12-7-5-10-19(21)20-11-6-8-13-22(20)23/h3,5-8,10-13,23-24H,1,4,9,14-18H2,2H3,(H,29,34)(H,32,33). The van der Waals surface area contributed by atoms with Crippen LogP contribution in [0.25, 0.3) is 11.1 Å². The quantitative estimate of drug-likeness (QED) is 0.544. The van der Waals surface area contributed by atoms with Gasteiger partial charge in [-0.3, -0.25) is 9.59 Å². The van der Waals surface area contributed by atoms with Gasteiger partial charge in [0.15, 0.2) is 0 Å². The van der Waals surface area contributed by atoms with Crippen LogP contribution >= 0.6 is 0 Å². The number of nitrogens with zero attached hydrogens (tertiary/aromatic N) is 1. The Bertz CT molecular complexity index is 1070. The maximum Gasteiger partial charge on any atom is 0.407 e. The van der Waals surface area contributed by atoms with Crippen LogP contribution in [0.3, 0.4) is 0 Å². The summed E-state index contributed by atoms with van der Waals surface area (Å²) in [5, 5.41) is 12.3. The molecule has 1 aliphatic heterocycles. The van der Waals surface area contributed by atoms with Crippen LogP contribution in [-0.2, 0) is 14.3 Å². The van der Waals surface area contributed by atoms with E-state index in [0.717, 1.165) is 22.3 Å². The normalized spacial score (nSPS) is 17.1. The first-order chi connectivity index (χ1) is 16.9. The summed E-state index contributed by atoms with van der Waals surface area (Å²) in [5.74, 6) is -1.12. The number of hydrogen-bond donors (Lipinski definition) is 2. The molecular formula is C28H32N2O5. The molecule has 7 heteroatoms. The molecule has 7 nitrogen and oxygen atoms in total. The van der Waals surface area contributed by atoms with Gasteiger partial charge in [-0.05, 0) is 47.9 Å². The summed E-state index contributed by atoms with van der Waals surface area (Å²) < 4.78 is 5.60. The molecule has 2 aromatic rings. The SMILES string of the molecule is C=CCC(NC(=O)OCC1c2ccccc2-c2ccccc21)C(=O)N1CCC(CC)(C(=O)O)CC1. The van der Waals surface area contributed by atoms with Crippen LogP contribution in [0.1, 0.15) is 49.7 Å². The van der Waals surface area contributed by atoms with Crippen LogP contribution in [0.15, 0.2) is 61.2 Å². The summed E-state index contributed by atoms with van der Waals surface area (Å²) in [5.41, 5.74) is 3.74. The number of fused-ring (bicyclic) bond motifs is 3. The molecule has 0 spiro atoms. The number of carboxylic acid groups (broad SMARTS) is 1. The fourth-order valence-corrected chi connectivity index (χ4v) is 5.26. The molecule has 1 heterocycles. The first kappa shape index (κ1) is 24.5. The zero-order chi connectivity index (χ0) is 25.0. The number of rotatable bonds is 8. The Morgan fingerprint density at radius 3 is 2.20 bits per heavy atom. The molecule has 1 fully saturated rings. The topological polar surface area (TPSA) is 95.9 Å². The van der Waals surface area contributed by atoms with E-state index in [2.05, 4.69) is 36.2 Å². The first-order valence-corrected chi connectivity index (χ1v) is 12.1. The fourth-order valence-electron chi connectivity index (χ4n) is 5.26. The largest absolute Gasteiger partial charge is 0.481 e. The second kappa shape index (κ2) is 10.3. The lowest BCUT2D eigenvalue weighted by Crippen LogP contribution is -2.53. The molecule has 0 saturated carbocycles. The number of nitrogens with one attached hydrogen (secondary N) is 1. The highest BCUT2D eigenvalue weighted by Crippen LogP contribution is 2.44. The number of ether oxygens (including phenoxy) is 1. The third-order valence-corrected chi connectivity index (χ3v) is 7.50. The smallest absolute Gasteiger partial charge is 0.407 e. The van der Waals surface area contributed by atoms with E-state index in [0.29, 0.717) is 32.4 Å². The fraction of sp³-hybridized carbons (Fsp3) is 0.393. The maximum absolute atomic E-state index is 13.1. The highest BCUT2D eigenvalue weighted by molar-refractivity contribution is 5.86. The van der Waals surface area contributed by atoms with Crippen molar-refractivity contribution >= 4 is 18.0 Å². The lowest BCUT2D eigenvalue weighted by atomic mass is 9.76. The molecule has 2 N–H and O–H groups in total. The molecule has 0 radical (unpaired) electrons. The molecule has 2 aromatic carbocycles. The van der Waals surface area contributed by atoms with Gasteiger partial charge in [0.25, 0.3) is 0 Å². The number of carbonyl (C=O) groups is 3. The van der Waals surface area contributed by atoms with E-state index < -0.39 is 23.5 Å². The monoisotopic (exact) mass is 476 g/mol. The Kier molecular flexibility index (Phi) is 7.24. The van der Waals surface area contributed by atoms with Gasteiger partial charge in [-0.1, -0.05) is 61.5 Å². The Morgan fingerprint density at radius 2 is 1.69 bits per heavy atom. The Hall–Kier alpha value is -3.61. The van der Waals surface area contributed by atoms with Crippen LogP contribution in [0.5, 0.6) is 0 Å². The van der Waals surface area contributed by atoms with Gasteiger partial charge in [0, 0.05) is 19.0 Å². The van der Waals surface area contributed by atoms with Crippen molar-refractivity contribution < 1.29 is 24.2 Å². The Morgan fingerprint density at radius 1 is 1.11 bits per heavy atom. The van der Waals surface area contributed by atoms with E-state index in [4.69, 9.17) is 4.74 Å². The number of alkyl carbamates (subject to hydrolysis) is 1. The lowest BCUT2D eigenvalue weighted by Gasteiger charge is -2.39. The minimum Gasteiger partial charge on any atom is -0.481 e. The van der Waals surface area contributed by atoms with Gasteiger partial charge >= 0.3 is 12.1 Å². The number of amides is 2. The first-order valence-electron chi connectivity index (χ1n) is 12.1. The number of aliphatic carboxylic acids is 1. The zero-order valence-electron chi connectivity index (χ0n) is 20.0. The second-order valence-corrected chi connectivity index (χ2v) is 9.31. The van der Waals surface area contributed by atoms with Crippen LogP contribution in [0.4, 0.5) is 4.79 Å². The summed E-state index contributed by atoms with van der Waals surface area (Å²) in [6.07, 6.45) is 2.52. The third-order valence-electron chi connectivity index (χ3n) is 7.50. The zero-order valence-corrected chi connectivity index (χ0v) is 20.0. The Labute approximate surface area is 205 Å². The molecular weight excluding hydrogens is 444 g/mol. The van der Waals surface area contributed by atoms with E-state index in [1.165, 1.54) is 0 Å². The van der Waals surface area contributed by atoms with E-state index >= 15 is 0 Å². The summed E-state index contributed by atoms with van der Waals surface area (Å²) in [6.45, 7) is 6.43. The molecule has 184 valence electrons. The molecule has 1 aliphatic carbocycles. The number of hydrogen-bond acceptors (Lipinski definition) is 4. The lowest BCUT2D eigenvalue weighted by molar-refractivity contribution is -0.155. The van der Waals surface area contributed by atoms with Crippen molar-refractivity contribution in [3.05, 3.63) is 72.3 Å². The van der Waals surface area contributed by atoms with Crippen molar-refractivity contribution in [2.24, 2.45) is 5.41 Å². The highest BCUT2D eigenvalue weighted by atomic mass is 16.5. The number of piperidine rings is 1. The molecule has 1 atom stereocenters. The molecule has 0 bridgehead atoms. The van der Waals surface area contributed by atoms with Gasteiger partial charge in [0.2, 0.25) is 5.91 Å². The van der Waals surface area contributed by atoms with Crippen LogP contribution < -0.4 is 5.32 Å². The summed E-state index contributed by atoms with van der Waals surface area (Å²) in [6, 6.07) is 15.4. The molecule has 4 rings (SSSR count). The number of likely N-dealkylation sites (tertiary alicyclic amines) is 1. The minimum absolute atomic E-state index is 0.0676. The van der Waals surface area contributed by atoms with Crippen LogP contribution in [0, 0.1) is 5.41 Å². The summed E-state index contributed by atoms with van der Waals surface area (Å²) in [7, 11) is 0. The van der Waals surface area contributed by atoms with Crippen molar-refractivity contribution in [2.75, 3.05) is 19.7 Å². The van der Waals surface area contributed by atoms with Crippen LogP contribution in [0.2, 0.25) is 0 Å². The summed E-state index contributed by atoms with van der Waals surface area (Å²) >= 11 is 0. The second-order valence-electron chi connectivity index (χ2n) is 9.31. The minimum atomic E-state index is -0.813. The summed E-state index contributed by atoms with van der Waals surface area (Å²) in [4.78, 5) is 39.2. The molecule has 2 aliphatic rings. The average molecular weight is 477 g/mol. The van der Waals surface area contributed by atoms with Crippen molar-refractivity contribution in [3.8, 4) is 11.1 Å². The van der Waals surface area contributed by atoms with Crippen molar-refractivity contribution in [1.82, 2.24) is 10.2 Å². The van der Waals surface area contributed by atoms with Gasteiger partial charge in [-0.2, -0.15) is 0 Å². The van der Waals surface area contributed by atoms with Gasteiger partial charge < -0.3 is 20.1 Å². The molecule has 0 aromatic heterocycles. The molecule has 35 heavy (non-hydrogen) atoms. The third kappa shape index (κ3) is 4.81. The van der Waals surface area contributed by atoms with Crippen molar-refractivity contribution in [1.29, 1.82) is 0 Å². The van der Waals surface area contributed by atoms with E-state index in [1.807, 2.05) is 31.2 Å². The van der Waals surface area contributed by atoms with E-state index in [9.17, 15) is 19.5 Å². The molecule has 1 unspecified atom stereocenters. The number of carboxylic acids is 1. The molecule has 2 amide bonds. The predicted octanol–water partition coefficient (Wildman–Crippen LogP) is 4.57. The number of benzene rings is 2. The van der Waals surface area contributed by atoms with Crippen molar-refractivity contribution in [3.63, 3.8) is 0 Å². The molecule has 1 saturated heterocycles.